The zero-order valence-corrected chi connectivity index (χ0v) is 18.4. The largest absolute Gasteiger partial charge is 1.00 e. The summed E-state index contributed by atoms with van der Waals surface area (Å²) in [6.45, 7) is 0.775. The van der Waals surface area contributed by atoms with Crippen molar-refractivity contribution in [2.75, 3.05) is 7.11 Å². The van der Waals surface area contributed by atoms with Crippen molar-refractivity contribution in [1.82, 2.24) is 9.38 Å². The van der Waals surface area contributed by atoms with E-state index in [1.165, 1.54) is 33.1 Å². The molecule has 4 nitrogen and oxygen atoms in total. The lowest BCUT2D eigenvalue weighted by Crippen LogP contribution is -3.00. The van der Waals surface area contributed by atoms with E-state index in [0.29, 0.717) is 0 Å². The number of fused-ring (bicyclic) bond motifs is 5. The molecule has 0 saturated carbocycles. The van der Waals surface area contributed by atoms with Gasteiger partial charge in [-0.15, -0.1) is 0 Å². The maximum Gasteiger partial charge on any atom is 0.249 e. The van der Waals surface area contributed by atoms with Gasteiger partial charge < -0.3 is 22.1 Å². The van der Waals surface area contributed by atoms with E-state index >= 15 is 0 Å². The Labute approximate surface area is 192 Å². The van der Waals surface area contributed by atoms with E-state index in [-0.39, 0.29) is 12.4 Å². The molecule has 3 aromatic heterocycles. The molecule has 0 saturated heterocycles. The van der Waals surface area contributed by atoms with Gasteiger partial charge in [-0.2, -0.15) is 4.40 Å². The van der Waals surface area contributed by atoms with Crippen molar-refractivity contribution in [3.05, 3.63) is 103 Å². The van der Waals surface area contributed by atoms with Crippen LogP contribution in [0.25, 0.3) is 38.6 Å². The normalized spacial score (nSPS) is 11.2. The van der Waals surface area contributed by atoms with Crippen LogP contribution < -0.4 is 21.7 Å². The molecule has 32 heavy (non-hydrogen) atoms. The van der Waals surface area contributed by atoms with Gasteiger partial charge in [0.2, 0.25) is 11.8 Å². The molecular formula is C27H22ClN3O. The summed E-state index contributed by atoms with van der Waals surface area (Å²) in [6, 6.07) is 29.6. The number of hydrogen-bond acceptors (Lipinski definition) is 1. The second kappa shape index (κ2) is 8.06. The Hall–Kier alpha value is -3.76. The van der Waals surface area contributed by atoms with Crippen LogP contribution in [0.1, 0.15) is 5.56 Å². The third-order valence-corrected chi connectivity index (χ3v) is 5.98. The molecule has 3 aromatic carbocycles. The van der Waals surface area contributed by atoms with Crippen LogP contribution in [0.15, 0.2) is 97.5 Å². The molecule has 158 valence electrons. The number of nitrogens with one attached hydrogen (secondary N) is 1. The van der Waals surface area contributed by atoms with Crippen LogP contribution in [0, 0.1) is 0 Å². The number of pyridine rings is 1. The number of aromatic amines is 1. The number of H-pyrrole nitrogens is 1. The number of halogens is 1. The molecular weight excluding hydrogens is 418 g/mol. The summed E-state index contributed by atoms with van der Waals surface area (Å²) in [5, 5.41) is 2.50. The van der Waals surface area contributed by atoms with Crippen LogP contribution in [0.4, 0.5) is 0 Å². The number of aromatic nitrogens is 3. The fraction of sp³-hybridized carbons (Fsp3) is 0.0741. The molecule has 0 fully saturated rings. The summed E-state index contributed by atoms with van der Waals surface area (Å²) < 4.78 is 9.88. The number of benzene rings is 3. The van der Waals surface area contributed by atoms with Crippen LogP contribution in [0.5, 0.6) is 5.75 Å². The maximum absolute atomic E-state index is 5.32. The van der Waals surface area contributed by atoms with E-state index in [0.717, 1.165) is 23.3 Å². The van der Waals surface area contributed by atoms with E-state index in [1.807, 2.05) is 12.1 Å². The van der Waals surface area contributed by atoms with E-state index < -0.39 is 0 Å². The lowest BCUT2D eigenvalue weighted by molar-refractivity contribution is -0.676. The average molecular weight is 440 g/mol. The predicted molar refractivity (Wildman–Crippen MR) is 124 cm³/mol. The van der Waals surface area contributed by atoms with Gasteiger partial charge in [0, 0.05) is 21.9 Å². The Kier molecular flexibility index (Phi) is 5.08. The van der Waals surface area contributed by atoms with E-state index in [4.69, 9.17) is 4.74 Å². The number of rotatable bonds is 4. The quantitative estimate of drug-likeness (QED) is 0.421. The zero-order valence-electron chi connectivity index (χ0n) is 17.6. The van der Waals surface area contributed by atoms with Gasteiger partial charge in [0.05, 0.1) is 18.8 Å². The van der Waals surface area contributed by atoms with Crippen LogP contribution in [-0.2, 0) is 6.54 Å². The summed E-state index contributed by atoms with van der Waals surface area (Å²) in [6.07, 6.45) is 4.35. The molecule has 0 radical (unpaired) electrons. The Bertz CT molecular complexity index is 1530. The summed E-state index contributed by atoms with van der Waals surface area (Å²) in [7, 11) is 1.70. The van der Waals surface area contributed by atoms with Crippen molar-refractivity contribution < 1.29 is 21.7 Å². The average Bonchev–Trinajstić information content (AvgIpc) is 3.38. The van der Waals surface area contributed by atoms with Crippen molar-refractivity contribution in [3.8, 4) is 17.0 Å². The highest BCUT2D eigenvalue weighted by Gasteiger charge is 2.23. The second-order valence-corrected chi connectivity index (χ2v) is 7.84. The number of para-hydroxylation sites is 1. The van der Waals surface area contributed by atoms with Crippen molar-refractivity contribution in [1.29, 1.82) is 0 Å². The molecule has 0 atom stereocenters. The van der Waals surface area contributed by atoms with Gasteiger partial charge in [0.15, 0.2) is 5.69 Å². The molecule has 6 aromatic rings. The third kappa shape index (κ3) is 3.20. The minimum atomic E-state index is 0. The van der Waals surface area contributed by atoms with Gasteiger partial charge in [-0.05, 0) is 29.8 Å². The minimum Gasteiger partial charge on any atom is -1.00 e. The third-order valence-electron chi connectivity index (χ3n) is 5.98. The lowest BCUT2D eigenvalue weighted by atomic mass is 10.1. The molecule has 0 aliphatic rings. The van der Waals surface area contributed by atoms with Crippen LogP contribution >= 0.6 is 0 Å². The van der Waals surface area contributed by atoms with Gasteiger partial charge in [-0.25, -0.2) is 4.57 Å². The van der Waals surface area contributed by atoms with E-state index in [2.05, 4.69) is 99.3 Å². The van der Waals surface area contributed by atoms with Crippen molar-refractivity contribution in [2.24, 2.45) is 0 Å². The Balaban J connectivity index is 0.00000216. The number of ether oxygens (including phenoxy) is 1. The Morgan fingerprint density at radius 1 is 0.844 bits per heavy atom. The highest BCUT2D eigenvalue weighted by Crippen LogP contribution is 2.32. The monoisotopic (exact) mass is 439 g/mol. The SMILES string of the molecule is COc1ccc(C[n+]2cn3ccc4c5ccccc5[nH]c4c3c2-c2ccccc2)cc1.[Cl-]. The first-order chi connectivity index (χ1) is 15.3. The zero-order chi connectivity index (χ0) is 20.8. The number of imidazole rings is 1. The van der Waals surface area contributed by atoms with Crippen LogP contribution in [0.3, 0.4) is 0 Å². The highest BCUT2D eigenvalue weighted by molar-refractivity contribution is 6.13. The summed E-state index contributed by atoms with van der Waals surface area (Å²) >= 11 is 0. The second-order valence-electron chi connectivity index (χ2n) is 7.84. The minimum absolute atomic E-state index is 0. The molecule has 6 rings (SSSR count). The maximum atomic E-state index is 5.32. The first-order valence-electron chi connectivity index (χ1n) is 10.4. The van der Waals surface area contributed by atoms with Crippen molar-refractivity contribution in [2.45, 2.75) is 6.54 Å². The fourth-order valence-electron chi connectivity index (χ4n) is 4.51. The standard InChI is InChI=1S/C27H22N3O.ClH/c1-31-21-13-11-19(12-14-21)17-30-18-29-16-15-23-22-9-5-6-10-24(22)28-25(23)27(29)26(30)20-7-3-2-4-8-20;/h2-16,18,28H,17H2,1H3;1H/q+1;/p-1. The van der Waals surface area contributed by atoms with E-state index in [1.54, 1.807) is 7.11 Å². The van der Waals surface area contributed by atoms with Crippen LogP contribution in [0.2, 0.25) is 0 Å². The van der Waals surface area contributed by atoms with Crippen molar-refractivity contribution >= 4 is 27.3 Å². The smallest absolute Gasteiger partial charge is 0.249 e. The number of hydrogen-bond donors (Lipinski definition) is 1. The molecule has 3 heterocycles. The van der Waals surface area contributed by atoms with Gasteiger partial charge in [0.1, 0.15) is 12.3 Å². The van der Waals surface area contributed by atoms with Crippen LogP contribution in [-0.4, -0.2) is 16.5 Å². The Morgan fingerprint density at radius 2 is 1.59 bits per heavy atom. The molecule has 0 aliphatic carbocycles. The fourth-order valence-corrected chi connectivity index (χ4v) is 4.51. The first-order valence-corrected chi connectivity index (χ1v) is 10.4. The predicted octanol–water partition coefficient (Wildman–Crippen LogP) is 2.59. The van der Waals surface area contributed by atoms with Gasteiger partial charge in [-0.3, -0.25) is 0 Å². The molecule has 1 N–H and O–H groups in total. The van der Waals surface area contributed by atoms with Gasteiger partial charge in [0.25, 0.3) is 0 Å². The molecule has 5 heteroatoms. The summed E-state index contributed by atoms with van der Waals surface area (Å²) in [4.78, 5) is 3.67. The summed E-state index contributed by atoms with van der Waals surface area (Å²) in [5.74, 6) is 0.874. The van der Waals surface area contributed by atoms with E-state index in [9.17, 15) is 0 Å². The topological polar surface area (TPSA) is 33.3 Å². The summed E-state index contributed by atoms with van der Waals surface area (Å²) in [5.41, 5.74) is 7.14. The Morgan fingerprint density at radius 3 is 2.38 bits per heavy atom. The first kappa shape index (κ1) is 20.2. The molecule has 0 unspecified atom stereocenters. The highest BCUT2D eigenvalue weighted by atomic mass is 35.5. The molecule has 0 spiro atoms. The number of nitrogens with zero attached hydrogens (tertiary/aromatic N) is 2. The molecule has 0 bridgehead atoms. The van der Waals surface area contributed by atoms with Gasteiger partial charge in [-0.1, -0.05) is 60.7 Å². The van der Waals surface area contributed by atoms with Gasteiger partial charge >= 0.3 is 0 Å². The lowest BCUT2D eigenvalue weighted by Gasteiger charge is -2.05. The van der Waals surface area contributed by atoms with Crippen molar-refractivity contribution in [3.63, 3.8) is 0 Å². The molecule has 0 aliphatic heterocycles. The number of methoxy groups -OCH3 is 1. The molecule has 0 amide bonds.